The molecule has 0 radical (unpaired) electrons. The average molecular weight is 882 g/mol. The molecule has 17 nitrogen and oxygen atoms in total. The van der Waals surface area contributed by atoms with E-state index < -0.39 is 111 Å². The minimum atomic E-state index is -1.87. The van der Waals surface area contributed by atoms with Crippen molar-refractivity contribution in [2.45, 2.75) is 196 Å². The Balaban J connectivity index is 0.968. The first kappa shape index (κ1) is 45.9. The summed E-state index contributed by atoms with van der Waals surface area (Å²) < 4.78 is 36.6. The summed E-state index contributed by atoms with van der Waals surface area (Å²) in [6.45, 7) is 10.8. The topological polar surface area (TPSA) is 258 Å². The summed E-state index contributed by atoms with van der Waals surface area (Å²) in [5, 5.41) is 95.8. The third-order valence-corrected chi connectivity index (χ3v) is 17.9. The van der Waals surface area contributed by atoms with Gasteiger partial charge in [-0.2, -0.15) is 0 Å². The fourth-order valence-corrected chi connectivity index (χ4v) is 14.5. The lowest BCUT2D eigenvalue weighted by atomic mass is 9.46. The molecule has 0 spiro atoms. The van der Waals surface area contributed by atoms with E-state index in [0.717, 1.165) is 37.8 Å². The zero-order valence-electron chi connectivity index (χ0n) is 36.5. The van der Waals surface area contributed by atoms with Crippen LogP contribution in [0.2, 0.25) is 0 Å². The van der Waals surface area contributed by atoms with Gasteiger partial charge in [0.25, 0.3) is 0 Å². The van der Waals surface area contributed by atoms with Crippen LogP contribution < -0.4 is 0 Å². The number of carbonyl (C=O) groups excluding carboxylic acids is 1. The predicted molar refractivity (Wildman–Crippen MR) is 215 cm³/mol. The monoisotopic (exact) mass is 881 g/mol. The van der Waals surface area contributed by atoms with Gasteiger partial charge in [-0.3, -0.25) is 9.69 Å². The predicted octanol–water partition coefficient (Wildman–Crippen LogP) is -0.666. The van der Waals surface area contributed by atoms with Gasteiger partial charge in [0.15, 0.2) is 24.7 Å². The lowest BCUT2D eigenvalue weighted by Crippen LogP contribution is -2.67. The number of hydrogen-bond donors (Lipinski definition) is 9. The first-order valence-electron chi connectivity index (χ1n) is 23.3. The maximum absolute atomic E-state index is 14.6. The number of aliphatic hydroxyl groups is 9. The van der Waals surface area contributed by atoms with Crippen molar-refractivity contribution in [2.75, 3.05) is 19.8 Å². The second-order valence-electron chi connectivity index (χ2n) is 21.2. The lowest BCUT2D eigenvalue weighted by molar-refractivity contribution is -0.394. The molecule has 17 heteroatoms. The number of ether oxygens (including phenoxy) is 6. The van der Waals surface area contributed by atoms with Gasteiger partial charge >= 0.3 is 0 Å². The van der Waals surface area contributed by atoms with Crippen molar-refractivity contribution < 1.29 is 79.2 Å². The second-order valence-corrected chi connectivity index (χ2v) is 21.2. The quantitative estimate of drug-likeness (QED) is 0.147. The molecular formula is C45H71NO16. The molecule has 0 aromatic carbocycles. The minimum Gasteiger partial charge on any atom is -0.394 e. The van der Waals surface area contributed by atoms with Crippen LogP contribution >= 0.6 is 0 Å². The van der Waals surface area contributed by atoms with Gasteiger partial charge in [0.1, 0.15) is 67.1 Å². The molecule has 26 unspecified atom stereocenters. The fraction of sp³-hybridized carbons (Fsp3) is 0.933. The van der Waals surface area contributed by atoms with Crippen LogP contribution in [-0.2, 0) is 33.2 Å². The van der Waals surface area contributed by atoms with Crippen molar-refractivity contribution >= 4 is 5.78 Å². The van der Waals surface area contributed by atoms with Crippen molar-refractivity contribution in [1.82, 2.24) is 4.90 Å². The number of nitrogens with zero attached hydrogens (tertiary/aromatic N) is 1. The number of aliphatic hydroxyl groups excluding tert-OH is 9. The third-order valence-electron chi connectivity index (χ3n) is 17.9. The molecule has 9 rings (SSSR count). The molecule has 9 aliphatic rings. The highest BCUT2D eigenvalue weighted by Crippen LogP contribution is 2.69. The summed E-state index contributed by atoms with van der Waals surface area (Å²) in [5.41, 5.74) is 0.888. The Morgan fingerprint density at radius 3 is 2.05 bits per heavy atom. The third kappa shape index (κ3) is 7.31. The Bertz CT molecular complexity index is 1670. The molecule has 0 aromatic rings. The molecule has 62 heavy (non-hydrogen) atoms. The Morgan fingerprint density at radius 2 is 1.34 bits per heavy atom. The fourth-order valence-electron chi connectivity index (χ4n) is 14.5. The molecule has 5 aliphatic heterocycles. The van der Waals surface area contributed by atoms with Crippen LogP contribution in [0.5, 0.6) is 0 Å². The molecule has 8 fully saturated rings. The molecule has 5 saturated heterocycles. The minimum absolute atomic E-state index is 0.0387. The number of rotatable bonds is 8. The highest BCUT2D eigenvalue weighted by atomic mass is 16.8. The summed E-state index contributed by atoms with van der Waals surface area (Å²) in [4.78, 5) is 17.4. The van der Waals surface area contributed by atoms with Crippen LogP contribution in [0, 0.1) is 46.3 Å². The van der Waals surface area contributed by atoms with Gasteiger partial charge in [-0.25, -0.2) is 0 Å². The van der Waals surface area contributed by atoms with Gasteiger partial charge in [0.2, 0.25) is 0 Å². The van der Waals surface area contributed by atoms with E-state index in [1.54, 1.807) is 0 Å². The molecule has 0 amide bonds. The van der Waals surface area contributed by atoms with E-state index in [4.69, 9.17) is 28.4 Å². The molecule has 0 bridgehead atoms. The van der Waals surface area contributed by atoms with Crippen molar-refractivity contribution in [3.63, 3.8) is 0 Å². The second kappa shape index (κ2) is 17.1. The maximum Gasteiger partial charge on any atom is 0.187 e. The highest BCUT2D eigenvalue weighted by molar-refractivity contribution is 5.94. The van der Waals surface area contributed by atoms with Crippen LogP contribution in [0.15, 0.2) is 11.6 Å². The molecule has 4 aliphatic carbocycles. The smallest absolute Gasteiger partial charge is 0.187 e. The van der Waals surface area contributed by atoms with Crippen molar-refractivity contribution in [3.8, 4) is 0 Å². The highest BCUT2D eigenvalue weighted by Gasteiger charge is 2.68. The van der Waals surface area contributed by atoms with Crippen molar-refractivity contribution in [3.05, 3.63) is 11.6 Å². The Labute approximate surface area is 363 Å². The van der Waals surface area contributed by atoms with E-state index in [0.29, 0.717) is 48.6 Å². The van der Waals surface area contributed by atoms with Crippen LogP contribution in [0.3, 0.4) is 0 Å². The standard InChI is InChI=1S/C45H71NO16/c1-18-6-7-25-19(2)31-26(46(25)15-18)14-24-30-23(9-11-45(24,31)5)44(4)10-8-22(12-21(44)13-27(30)49)58-43-40(62-41-37(55)35(53)32(50)20(3)57-41)39(34(52)29(17-48)60-43)61-42-38(56)36(54)33(51)28(16-47)59-42/h13,18-20,22-26,28-43,47-48,50-56H,6-12,14-17H2,1-5H3. The summed E-state index contributed by atoms with van der Waals surface area (Å²) in [7, 11) is 0. The molecule has 9 N–H and O–H groups in total. The summed E-state index contributed by atoms with van der Waals surface area (Å²) in [6, 6.07) is 1.17. The first-order valence-corrected chi connectivity index (χ1v) is 23.3. The number of hydrogen-bond acceptors (Lipinski definition) is 17. The van der Waals surface area contributed by atoms with Gasteiger partial charge < -0.3 is 74.4 Å². The van der Waals surface area contributed by atoms with E-state index in [9.17, 15) is 50.8 Å². The van der Waals surface area contributed by atoms with E-state index in [1.807, 2.05) is 6.08 Å². The van der Waals surface area contributed by atoms with E-state index >= 15 is 0 Å². The summed E-state index contributed by atoms with van der Waals surface area (Å²) in [6.07, 6.45) is -14.9. The van der Waals surface area contributed by atoms with Gasteiger partial charge in [-0.1, -0.05) is 33.3 Å². The van der Waals surface area contributed by atoms with Crippen LogP contribution in [-0.4, -0.2) is 187 Å². The molecule has 352 valence electrons. The SMILES string of the molecule is CC1CCC2C(C)C3C(CC4C5C(=O)C=C6CC(OC7OC(CO)C(O)C(OC8OC(CO)C(O)C(O)C8O)C7OC7OC(C)C(O)C(O)C7O)CCC6(C)C5CCC43C)N2C1. The zero-order valence-corrected chi connectivity index (χ0v) is 36.5. The maximum atomic E-state index is 14.6. The Hall–Kier alpha value is -1.23. The van der Waals surface area contributed by atoms with Gasteiger partial charge in [-0.15, -0.1) is 0 Å². The lowest BCUT2D eigenvalue weighted by Gasteiger charge is -2.58. The van der Waals surface area contributed by atoms with E-state index in [1.165, 1.54) is 19.8 Å². The average Bonchev–Trinajstić information content (AvgIpc) is 3.71. The van der Waals surface area contributed by atoms with Gasteiger partial charge in [0, 0.05) is 24.5 Å². The Kier molecular flexibility index (Phi) is 12.7. The van der Waals surface area contributed by atoms with Crippen LogP contribution in [0.1, 0.15) is 86.0 Å². The summed E-state index contributed by atoms with van der Waals surface area (Å²) in [5.74, 6) is 2.57. The number of carbonyl (C=O) groups is 1. The van der Waals surface area contributed by atoms with E-state index in [2.05, 4.69) is 32.6 Å². The van der Waals surface area contributed by atoms with Gasteiger partial charge in [0.05, 0.1) is 25.4 Å². The number of ketones is 1. The van der Waals surface area contributed by atoms with E-state index in [-0.39, 0.29) is 28.4 Å². The number of piperidine rings is 1. The molecule has 5 heterocycles. The van der Waals surface area contributed by atoms with Crippen molar-refractivity contribution in [2.24, 2.45) is 46.3 Å². The van der Waals surface area contributed by atoms with Crippen LogP contribution in [0.4, 0.5) is 0 Å². The largest absolute Gasteiger partial charge is 0.394 e. The Morgan fingerprint density at radius 1 is 0.694 bits per heavy atom. The normalized spacial score (nSPS) is 56.6. The first-order chi connectivity index (χ1) is 29.4. The van der Waals surface area contributed by atoms with Gasteiger partial charge in [-0.05, 0) is 105 Å². The molecule has 3 saturated carbocycles. The number of allylic oxidation sites excluding steroid dienone is 1. The molecule has 0 aromatic heterocycles. The molecular weight excluding hydrogens is 810 g/mol. The van der Waals surface area contributed by atoms with Crippen LogP contribution in [0.25, 0.3) is 0 Å². The van der Waals surface area contributed by atoms with Crippen molar-refractivity contribution in [1.29, 1.82) is 0 Å². The number of fused-ring (bicyclic) bond motifs is 9. The molecule has 26 atom stereocenters. The zero-order chi connectivity index (χ0) is 44.3. The summed E-state index contributed by atoms with van der Waals surface area (Å²) >= 11 is 0.